The maximum absolute atomic E-state index is 5.52. The van der Waals surface area contributed by atoms with Gasteiger partial charge >= 0.3 is 0 Å². The predicted molar refractivity (Wildman–Crippen MR) is 84.7 cm³/mol. The normalized spacial score (nSPS) is 23.0. The van der Waals surface area contributed by atoms with E-state index in [0.717, 1.165) is 50.9 Å². The van der Waals surface area contributed by atoms with Crippen molar-refractivity contribution in [2.45, 2.75) is 38.5 Å². The zero-order valence-electron chi connectivity index (χ0n) is 12.8. The average molecular weight is 290 g/mol. The van der Waals surface area contributed by atoms with E-state index in [1.54, 1.807) is 6.33 Å². The lowest BCUT2D eigenvalue weighted by molar-refractivity contribution is 0.0530. The van der Waals surface area contributed by atoms with Gasteiger partial charge in [0.15, 0.2) is 0 Å². The number of ether oxygens (including phenoxy) is 1. The lowest BCUT2D eigenvalue weighted by atomic mass is 9.99. The highest BCUT2D eigenvalue weighted by Crippen LogP contribution is 2.20. The third-order valence-electron chi connectivity index (χ3n) is 4.45. The van der Waals surface area contributed by atoms with Crippen LogP contribution in [0.25, 0.3) is 0 Å². The van der Waals surface area contributed by atoms with Crippen molar-refractivity contribution in [1.29, 1.82) is 0 Å². The highest BCUT2D eigenvalue weighted by Gasteiger charge is 2.14. The smallest absolute Gasteiger partial charge is 0.134 e. The Bertz CT molecular complexity index is 428. The summed E-state index contributed by atoms with van der Waals surface area (Å²) in [6, 6.07) is 2.09. The van der Waals surface area contributed by atoms with Crippen LogP contribution in [-0.2, 0) is 4.74 Å². The lowest BCUT2D eigenvalue weighted by Crippen LogP contribution is -2.30. The summed E-state index contributed by atoms with van der Waals surface area (Å²) in [6.07, 6.45) is 9.22. The molecule has 1 N–H and O–H groups in total. The van der Waals surface area contributed by atoms with Crippen molar-refractivity contribution in [2.75, 3.05) is 43.1 Å². The molecule has 0 spiro atoms. The van der Waals surface area contributed by atoms with Gasteiger partial charge in [-0.05, 0) is 44.4 Å². The SMILES string of the molecule is c1nc(NCC[C@@H]2CCCOC2)cc(N2CCCCC2)n1. The molecular weight excluding hydrogens is 264 g/mol. The van der Waals surface area contributed by atoms with E-state index in [2.05, 4.69) is 26.3 Å². The summed E-state index contributed by atoms with van der Waals surface area (Å²) in [5.41, 5.74) is 0. The number of anilines is 2. The fourth-order valence-corrected chi connectivity index (χ4v) is 3.18. The van der Waals surface area contributed by atoms with Crippen LogP contribution in [0.15, 0.2) is 12.4 Å². The van der Waals surface area contributed by atoms with Crippen molar-refractivity contribution in [1.82, 2.24) is 9.97 Å². The maximum Gasteiger partial charge on any atom is 0.134 e. The molecule has 3 heterocycles. The van der Waals surface area contributed by atoms with Crippen molar-refractivity contribution >= 4 is 11.6 Å². The number of nitrogens with zero attached hydrogens (tertiary/aromatic N) is 3. The number of rotatable bonds is 5. The second-order valence-corrected chi connectivity index (χ2v) is 6.11. The molecular formula is C16H26N4O. The Morgan fingerprint density at radius 2 is 2.10 bits per heavy atom. The Morgan fingerprint density at radius 3 is 2.90 bits per heavy atom. The maximum atomic E-state index is 5.52. The molecule has 0 aromatic carbocycles. The monoisotopic (exact) mass is 290 g/mol. The van der Waals surface area contributed by atoms with Crippen molar-refractivity contribution < 1.29 is 4.74 Å². The molecule has 0 bridgehead atoms. The molecule has 1 atom stereocenters. The number of hydrogen-bond acceptors (Lipinski definition) is 5. The Morgan fingerprint density at radius 1 is 1.19 bits per heavy atom. The number of aromatic nitrogens is 2. The number of hydrogen-bond donors (Lipinski definition) is 1. The fourth-order valence-electron chi connectivity index (χ4n) is 3.18. The molecule has 0 radical (unpaired) electrons. The van der Waals surface area contributed by atoms with Crippen LogP contribution in [0.4, 0.5) is 11.6 Å². The molecule has 2 aliphatic rings. The molecule has 0 saturated carbocycles. The summed E-state index contributed by atoms with van der Waals surface area (Å²) in [7, 11) is 0. The average Bonchev–Trinajstić information content (AvgIpc) is 2.57. The fraction of sp³-hybridized carbons (Fsp3) is 0.750. The van der Waals surface area contributed by atoms with Crippen LogP contribution >= 0.6 is 0 Å². The largest absolute Gasteiger partial charge is 0.381 e. The van der Waals surface area contributed by atoms with Gasteiger partial charge in [0, 0.05) is 38.9 Å². The lowest BCUT2D eigenvalue weighted by Gasteiger charge is -2.27. The first-order valence-corrected chi connectivity index (χ1v) is 8.30. The highest BCUT2D eigenvalue weighted by molar-refractivity contribution is 5.48. The highest BCUT2D eigenvalue weighted by atomic mass is 16.5. The Kier molecular flexibility index (Phi) is 5.27. The molecule has 21 heavy (non-hydrogen) atoms. The predicted octanol–water partition coefficient (Wildman–Crippen LogP) is 2.70. The third-order valence-corrected chi connectivity index (χ3v) is 4.45. The Balaban J connectivity index is 1.48. The first kappa shape index (κ1) is 14.6. The van der Waals surface area contributed by atoms with Gasteiger partial charge in [0.05, 0.1) is 0 Å². The van der Waals surface area contributed by atoms with E-state index < -0.39 is 0 Å². The topological polar surface area (TPSA) is 50.3 Å². The molecule has 0 unspecified atom stereocenters. The zero-order valence-corrected chi connectivity index (χ0v) is 12.8. The third kappa shape index (κ3) is 4.30. The quantitative estimate of drug-likeness (QED) is 0.903. The minimum absolute atomic E-state index is 0.703. The Hall–Kier alpha value is -1.36. The minimum Gasteiger partial charge on any atom is -0.381 e. The van der Waals surface area contributed by atoms with Crippen LogP contribution in [0.2, 0.25) is 0 Å². The summed E-state index contributed by atoms with van der Waals surface area (Å²) < 4.78 is 5.52. The van der Waals surface area contributed by atoms with Gasteiger partial charge in [-0.3, -0.25) is 0 Å². The van der Waals surface area contributed by atoms with Crippen LogP contribution in [0.3, 0.4) is 0 Å². The molecule has 116 valence electrons. The molecule has 1 aromatic rings. The van der Waals surface area contributed by atoms with Gasteiger partial charge in [-0.1, -0.05) is 0 Å². The summed E-state index contributed by atoms with van der Waals surface area (Å²) in [6.45, 7) is 5.07. The van der Waals surface area contributed by atoms with E-state index in [-0.39, 0.29) is 0 Å². The molecule has 5 heteroatoms. The summed E-state index contributed by atoms with van der Waals surface area (Å²) >= 11 is 0. The van der Waals surface area contributed by atoms with Gasteiger partial charge in [0.2, 0.25) is 0 Å². The molecule has 0 aliphatic carbocycles. The van der Waals surface area contributed by atoms with Crippen molar-refractivity contribution in [3.05, 3.63) is 12.4 Å². The molecule has 0 amide bonds. The Labute approximate surface area is 127 Å². The van der Waals surface area contributed by atoms with Gasteiger partial charge in [-0.2, -0.15) is 0 Å². The van der Waals surface area contributed by atoms with Gasteiger partial charge in [-0.15, -0.1) is 0 Å². The van der Waals surface area contributed by atoms with Crippen molar-refractivity contribution in [3.63, 3.8) is 0 Å². The van der Waals surface area contributed by atoms with Crippen LogP contribution in [0, 0.1) is 5.92 Å². The van der Waals surface area contributed by atoms with E-state index in [1.165, 1.54) is 32.1 Å². The van der Waals surface area contributed by atoms with Crippen LogP contribution in [-0.4, -0.2) is 42.8 Å². The summed E-state index contributed by atoms with van der Waals surface area (Å²) in [4.78, 5) is 11.1. The summed E-state index contributed by atoms with van der Waals surface area (Å²) in [5.74, 6) is 2.71. The van der Waals surface area contributed by atoms with Crippen molar-refractivity contribution in [2.24, 2.45) is 5.92 Å². The van der Waals surface area contributed by atoms with Gasteiger partial charge in [0.25, 0.3) is 0 Å². The molecule has 1 aromatic heterocycles. The van der Waals surface area contributed by atoms with Gasteiger partial charge < -0.3 is 15.0 Å². The molecule has 2 fully saturated rings. The zero-order chi connectivity index (χ0) is 14.3. The van der Waals surface area contributed by atoms with E-state index in [1.807, 2.05) is 0 Å². The number of piperidine rings is 1. The van der Waals surface area contributed by atoms with E-state index in [9.17, 15) is 0 Å². The first-order valence-electron chi connectivity index (χ1n) is 8.30. The van der Waals surface area contributed by atoms with E-state index >= 15 is 0 Å². The van der Waals surface area contributed by atoms with Crippen LogP contribution < -0.4 is 10.2 Å². The second-order valence-electron chi connectivity index (χ2n) is 6.11. The molecule has 5 nitrogen and oxygen atoms in total. The number of nitrogens with one attached hydrogen (secondary N) is 1. The van der Waals surface area contributed by atoms with Gasteiger partial charge in [-0.25, -0.2) is 9.97 Å². The van der Waals surface area contributed by atoms with Crippen LogP contribution in [0.1, 0.15) is 38.5 Å². The molecule has 3 rings (SSSR count). The summed E-state index contributed by atoms with van der Waals surface area (Å²) in [5, 5.41) is 3.44. The minimum atomic E-state index is 0.703. The first-order chi connectivity index (χ1) is 10.4. The second kappa shape index (κ2) is 7.59. The van der Waals surface area contributed by atoms with Crippen LogP contribution in [0.5, 0.6) is 0 Å². The standard InChI is InChI=1S/C16H26N4O/c1-2-8-20(9-3-1)16-11-15(18-13-19-16)17-7-6-14-5-4-10-21-12-14/h11,13-14H,1-10,12H2,(H,17,18,19)/t14-/m0/s1. The van der Waals surface area contributed by atoms with Crippen molar-refractivity contribution in [3.8, 4) is 0 Å². The van der Waals surface area contributed by atoms with E-state index in [0.29, 0.717) is 5.92 Å². The molecule has 2 aliphatic heterocycles. The van der Waals surface area contributed by atoms with E-state index in [4.69, 9.17) is 4.74 Å². The van der Waals surface area contributed by atoms with Gasteiger partial charge in [0.1, 0.15) is 18.0 Å². The molecule has 2 saturated heterocycles.